The number of primary amides is 1. The van der Waals surface area contributed by atoms with Crippen molar-refractivity contribution < 1.29 is 14.4 Å². The maximum atomic E-state index is 13.1. The van der Waals surface area contributed by atoms with Crippen LogP contribution in [0.2, 0.25) is 0 Å². The van der Waals surface area contributed by atoms with Crippen LogP contribution in [0.5, 0.6) is 0 Å². The van der Waals surface area contributed by atoms with Gasteiger partial charge in [0.15, 0.2) is 0 Å². The quantitative estimate of drug-likeness (QED) is 0.586. The van der Waals surface area contributed by atoms with E-state index in [4.69, 9.17) is 5.73 Å². The maximum absolute atomic E-state index is 13.1. The van der Waals surface area contributed by atoms with E-state index in [1.807, 2.05) is 24.3 Å². The zero-order valence-corrected chi connectivity index (χ0v) is 16.1. The Morgan fingerprint density at radius 3 is 2.41 bits per heavy atom. The molecular formula is C21H21N5O3. The molecule has 0 aliphatic rings. The van der Waals surface area contributed by atoms with Gasteiger partial charge in [0.25, 0.3) is 11.8 Å². The van der Waals surface area contributed by atoms with Crippen LogP contribution in [0.1, 0.15) is 21.7 Å². The van der Waals surface area contributed by atoms with Crippen LogP contribution in [0.4, 0.5) is 0 Å². The van der Waals surface area contributed by atoms with E-state index in [1.54, 1.807) is 44.4 Å². The molecule has 0 bridgehead atoms. The van der Waals surface area contributed by atoms with E-state index in [9.17, 15) is 14.4 Å². The number of ketones is 1. The van der Waals surface area contributed by atoms with Gasteiger partial charge in [-0.25, -0.2) is 0 Å². The first-order chi connectivity index (χ1) is 13.9. The standard InChI is InChI=1S/C21H21N5O3/c1-13-17(15-10-6-7-11-23-15)18(26(2)25-13)21(29)24-16(19(27)20(22)28)12-14-8-4-3-5-9-14/h3-11,16H,12H2,1-2H3,(H2,22,28)(H,24,29). The average Bonchev–Trinajstić information content (AvgIpc) is 3.02. The Morgan fingerprint density at radius 2 is 1.79 bits per heavy atom. The van der Waals surface area contributed by atoms with Crippen LogP contribution in [0.25, 0.3) is 11.3 Å². The number of Topliss-reactive ketones (excluding diaryl/α,β-unsaturated/α-hetero) is 1. The lowest BCUT2D eigenvalue weighted by Gasteiger charge is -2.17. The molecule has 0 spiro atoms. The van der Waals surface area contributed by atoms with Crippen LogP contribution >= 0.6 is 0 Å². The molecule has 0 aliphatic carbocycles. The molecule has 0 saturated heterocycles. The summed E-state index contributed by atoms with van der Waals surface area (Å²) in [5, 5.41) is 6.97. The molecule has 29 heavy (non-hydrogen) atoms. The number of hydrogen-bond donors (Lipinski definition) is 2. The number of nitrogens with two attached hydrogens (primary N) is 1. The zero-order valence-electron chi connectivity index (χ0n) is 16.1. The number of carbonyl (C=O) groups excluding carboxylic acids is 3. The predicted octanol–water partition coefficient (Wildman–Crippen LogP) is 1.19. The number of amides is 2. The Kier molecular flexibility index (Phi) is 5.82. The van der Waals surface area contributed by atoms with Crippen LogP contribution in [-0.2, 0) is 23.1 Å². The van der Waals surface area contributed by atoms with Gasteiger partial charge < -0.3 is 11.1 Å². The Bertz CT molecular complexity index is 1040. The van der Waals surface area contributed by atoms with E-state index in [2.05, 4.69) is 15.4 Å². The van der Waals surface area contributed by atoms with Crippen molar-refractivity contribution in [3.8, 4) is 11.3 Å². The van der Waals surface area contributed by atoms with Gasteiger partial charge in [-0.05, 0) is 24.6 Å². The van der Waals surface area contributed by atoms with Gasteiger partial charge in [-0.2, -0.15) is 5.10 Å². The molecule has 0 radical (unpaired) electrons. The van der Waals surface area contributed by atoms with E-state index >= 15 is 0 Å². The molecule has 3 aromatic rings. The third kappa shape index (κ3) is 4.37. The average molecular weight is 391 g/mol. The van der Waals surface area contributed by atoms with Gasteiger partial charge in [-0.3, -0.25) is 24.0 Å². The minimum absolute atomic E-state index is 0.143. The minimum atomic E-state index is -1.10. The molecule has 2 amide bonds. The normalized spacial score (nSPS) is 11.7. The number of nitrogens with one attached hydrogen (secondary N) is 1. The zero-order chi connectivity index (χ0) is 21.0. The molecular weight excluding hydrogens is 370 g/mol. The third-order valence-corrected chi connectivity index (χ3v) is 4.51. The van der Waals surface area contributed by atoms with Crippen molar-refractivity contribution in [1.82, 2.24) is 20.1 Å². The van der Waals surface area contributed by atoms with Gasteiger partial charge in [0, 0.05) is 19.7 Å². The van der Waals surface area contributed by atoms with Crippen molar-refractivity contribution in [2.24, 2.45) is 12.8 Å². The van der Waals surface area contributed by atoms with E-state index in [0.29, 0.717) is 17.0 Å². The molecule has 1 atom stereocenters. The number of rotatable bonds is 7. The number of hydrogen-bond acceptors (Lipinski definition) is 5. The van der Waals surface area contributed by atoms with Gasteiger partial charge in [0.05, 0.1) is 17.0 Å². The van der Waals surface area contributed by atoms with E-state index in [-0.39, 0.29) is 12.1 Å². The number of carbonyl (C=O) groups is 3. The fourth-order valence-electron chi connectivity index (χ4n) is 3.19. The third-order valence-electron chi connectivity index (χ3n) is 4.51. The number of nitrogens with zero attached hydrogens (tertiary/aromatic N) is 3. The summed E-state index contributed by atoms with van der Waals surface area (Å²) in [5.74, 6) is -2.50. The Morgan fingerprint density at radius 1 is 1.10 bits per heavy atom. The smallest absolute Gasteiger partial charge is 0.287 e. The van der Waals surface area contributed by atoms with Crippen molar-refractivity contribution >= 4 is 17.6 Å². The van der Waals surface area contributed by atoms with E-state index in [0.717, 1.165) is 5.56 Å². The molecule has 0 saturated carbocycles. The molecule has 8 nitrogen and oxygen atoms in total. The molecule has 0 fully saturated rings. The number of aromatic nitrogens is 3. The predicted molar refractivity (Wildman–Crippen MR) is 107 cm³/mol. The second-order valence-electron chi connectivity index (χ2n) is 6.59. The topological polar surface area (TPSA) is 120 Å². The first kappa shape index (κ1) is 19.9. The second kappa shape index (κ2) is 8.47. The number of pyridine rings is 1. The minimum Gasteiger partial charge on any atom is -0.363 e. The maximum Gasteiger partial charge on any atom is 0.287 e. The second-order valence-corrected chi connectivity index (χ2v) is 6.59. The molecule has 3 N–H and O–H groups in total. The molecule has 0 aliphatic heterocycles. The SMILES string of the molecule is Cc1nn(C)c(C(=O)NC(Cc2ccccc2)C(=O)C(N)=O)c1-c1ccccn1. The summed E-state index contributed by atoms with van der Waals surface area (Å²) in [6.45, 7) is 1.77. The van der Waals surface area contributed by atoms with Crippen LogP contribution in [-0.4, -0.2) is 38.4 Å². The number of benzene rings is 1. The van der Waals surface area contributed by atoms with Gasteiger partial charge >= 0.3 is 0 Å². The van der Waals surface area contributed by atoms with Crippen molar-refractivity contribution in [1.29, 1.82) is 0 Å². The summed E-state index contributed by atoms with van der Waals surface area (Å²) in [6.07, 6.45) is 1.77. The van der Waals surface area contributed by atoms with E-state index in [1.165, 1.54) is 4.68 Å². The molecule has 8 heteroatoms. The first-order valence-corrected chi connectivity index (χ1v) is 9.02. The Balaban J connectivity index is 1.94. The van der Waals surface area contributed by atoms with Crippen LogP contribution in [0.3, 0.4) is 0 Å². The highest BCUT2D eigenvalue weighted by Crippen LogP contribution is 2.25. The van der Waals surface area contributed by atoms with Gasteiger partial charge in [-0.15, -0.1) is 0 Å². The van der Waals surface area contributed by atoms with Crippen molar-refractivity contribution in [3.63, 3.8) is 0 Å². The van der Waals surface area contributed by atoms with Gasteiger partial charge in [0.2, 0.25) is 5.78 Å². The lowest BCUT2D eigenvalue weighted by molar-refractivity contribution is -0.137. The molecule has 2 aromatic heterocycles. The highest BCUT2D eigenvalue weighted by atomic mass is 16.2. The van der Waals surface area contributed by atoms with Crippen LogP contribution < -0.4 is 11.1 Å². The monoisotopic (exact) mass is 391 g/mol. The highest BCUT2D eigenvalue weighted by Gasteiger charge is 2.29. The molecule has 3 rings (SSSR count). The molecule has 1 unspecified atom stereocenters. The largest absolute Gasteiger partial charge is 0.363 e. The van der Waals surface area contributed by atoms with Gasteiger partial charge in [0.1, 0.15) is 11.7 Å². The fraction of sp³-hybridized carbons (Fsp3) is 0.190. The molecule has 2 heterocycles. The van der Waals surface area contributed by atoms with Crippen LogP contribution in [0, 0.1) is 6.92 Å². The lowest BCUT2D eigenvalue weighted by atomic mass is 10.0. The summed E-state index contributed by atoms with van der Waals surface area (Å²) in [6, 6.07) is 13.3. The Hall–Kier alpha value is -3.81. The van der Waals surface area contributed by atoms with Crippen LogP contribution in [0.15, 0.2) is 54.7 Å². The summed E-state index contributed by atoms with van der Waals surface area (Å²) in [5.41, 5.74) is 8.00. The molecule has 1 aromatic carbocycles. The van der Waals surface area contributed by atoms with Gasteiger partial charge in [-0.1, -0.05) is 36.4 Å². The first-order valence-electron chi connectivity index (χ1n) is 9.02. The highest BCUT2D eigenvalue weighted by molar-refractivity contribution is 6.38. The summed E-state index contributed by atoms with van der Waals surface area (Å²) >= 11 is 0. The Labute approximate surface area is 167 Å². The summed E-state index contributed by atoms with van der Waals surface area (Å²) < 4.78 is 1.43. The molecule has 148 valence electrons. The van der Waals surface area contributed by atoms with Crippen molar-refractivity contribution in [2.45, 2.75) is 19.4 Å². The van der Waals surface area contributed by atoms with E-state index < -0.39 is 23.6 Å². The summed E-state index contributed by atoms with van der Waals surface area (Å²) in [4.78, 5) is 41.2. The van der Waals surface area contributed by atoms with Crippen molar-refractivity contribution in [3.05, 3.63) is 71.7 Å². The van der Waals surface area contributed by atoms with Crippen molar-refractivity contribution in [2.75, 3.05) is 0 Å². The lowest BCUT2D eigenvalue weighted by Crippen LogP contribution is -2.47. The fourth-order valence-corrected chi connectivity index (χ4v) is 3.19. The number of aryl methyl sites for hydroxylation is 2. The summed E-state index contributed by atoms with van der Waals surface area (Å²) in [7, 11) is 1.64.